The van der Waals surface area contributed by atoms with E-state index in [-0.39, 0.29) is 5.54 Å². The number of nitrogens with zero attached hydrogens (tertiary/aromatic N) is 2. The van der Waals surface area contributed by atoms with E-state index in [4.69, 9.17) is 0 Å². The van der Waals surface area contributed by atoms with Crippen molar-refractivity contribution in [3.63, 3.8) is 0 Å². The third kappa shape index (κ3) is 3.94. The molecular formula is C17H25N3. The van der Waals surface area contributed by atoms with Gasteiger partial charge < -0.3 is 9.88 Å². The number of hydrogen-bond acceptors (Lipinski definition) is 2. The summed E-state index contributed by atoms with van der Waals surface area (Å²) in [6.45, 7) is 10.5. The van der Waals surface area contributed by atoms with Gasteiger partial charge in [-0.15, -0.1) is 0 Å². The van der Waals surface area contributed by atoms with Crippen LogP contribution in [-0.2, 0) is 19.5 Å². The van der Waals surface area contributed by atoms with Crippen LogP contribution in [0.25, 0.3) is 0 Å². The van der Waals surface area contributed by atoms with Gasteiger partial charge in [-0.05, 0) is 31.9 Å². The minimum absolute atomic E-state index is 0.136. The van der Waals surface area contributed by atoms with E-state index in [0.717, 1.165) is 25.3 Å². The molecule has 2 rings (SSSR count). The van der Waals surface area contributed by atoms with Crippen molar-refractivity contribution in [1.82, 2.24) is 14.9 Å². The monoisotopic (exact) mass is 271 g/mol. The van der Waals surface area contributed by atoms with Crippen LogP contribution in [-0.4, -0.2) is 15.1 Å². The van der Waals surface area contributed by atoms with Gasteiger partial charge in [0.15, 0.2) is 0 Å². The first-order valence-corrected chi connectivity index (χ1v) is 7.31. The topological polar surface area (TPSA) is 29.9 Å². The Hall–Kier alpha value is -1.61. The van der Waals surface area contributed by atoms with Crippen LogP contribution in [0.15, 0.2) is 36.7 Å². The highest BCUT2D eigenvalue weighted by Crippen LogP contribution is 2.13. The van der Waals surface area contributed by atoms with Crippen molar-refractivity contribution >= 4 is 0 Å². The molecule has 0 radical (unpaired) electrons. The van der Waals surface area contributed by atoms with Gasteiger partial charge in [0, 0.05) is 37.4 Å². The number of benzene rings is 1. The number of hydrogen-bond donors (Lipinski definition) is 1. The van der Waals surface area contributed by atoms with E-state index in [0.29, 0.717) is 0 Å². The SMILES string of the molecule is CCc1nccn1Cc1ccccc1CNC(C)(C)C. The summed E-state index contributed by atoms with van der Waals surface area (Å²) in [6, 6.07) is 8.63. The molecule has 0 aliphatic carbocycles. The summed E-state index contributed by atoms with van der Waals surface area (Å²) in [6.07, 6.45) is 4.91. The van der Waals surface area contributed by atoms with Crippen molar-refractivity contribution in [3.05, 3.63) is 53.6 Å². The van der Waals surface area contributed by atoms with E-state index in [1.54, 1.807) is 0 Å². The molecule has 3 nitrogen and oxygen atoms in total. The number of aromatic nitrogens is 2. The van der Waals surface area contributed by atoms with E-state index < -0.39 is 0 Å². The maximum absolute atomic E-state index is 4.39. The second kappa shape index (κ2) is 6.23. The van der Waals surface area contributed by atoms with Gasteiger partial charge in [0.1, 0.15) is 5.82 Å². The van der Waals surface area contributed by atoms with Crippen molar-refractivity contribution in [2.24, 2.45) is 0 Å². The summed E-state index contributed by atoms with van der Waals surface area (Å²) < 4.78 is 2.23. The molecule has 0 spiro atoms. The van der Waals surface area contributed by atoms with Gasteiger partial charge in [0.25, 0.3) is 0 Å². The van der Waals surface area contributed by atoms with Crippen LogP contribution in [0.3, 0.4) is 0 Å². The van der Waals surface area contributed by atoms with Crippen molar-refractivity contribution in [2.45, 2.75) is 52.7 Å². The molecule has 0 fully saturated rings. The summed E-state index contributed by atoms with van der Waals surface area (Å²) >= 11 is 0. The third-order valence-electron chi connectivity index (χ3n) is 3.39. The average Bonchev–Trinajstić information content (AvgIpc) is 2.84. The maximum Gasteiger partial charge on any atom is 0.108 e. The fourth-order valence-corrected chi connectivity index (χ4v) is 2.23. The number of nitrogens with one attached hydrogen (secondary N) is 1. The van der Waals surface area contributed by atoms with Crippen molar-refractivity contribution in [3.8, 4) is 0 Å². The van der Waals surface area contributed by atoms with E-state index in [9.17, 15) is 0 Å². The Morgan fingerprint density at radius 3 is 2.50 bits per heavy atom. The molecule has 108 valence electrons. The highest BCUT2D eigenvalue weighted by Gasteiger charge is 2.11. The fraction of sp³-hybridized carbons (Fsp3) is 0.471. The average molecular weight is 271 g/mol. The largest absolute Gasteiger partial charge is 0.331 e. The number of rotatable bonds is 5. The molecule has 0 unspecified atom stereocenters. The van der Waals surface area contributed by atoms with Gasteiger partial charge in [-0.1, -0.05) is 31.2 Å². The number of aryl methyl sites for hydroxylation is 1. The standard InChI is InChI=1S/C17H25N3/c1-5-16-18-10-11-20(16)13-15-9-7-6-8-14(15)12-19-17(2,3)4/h6-11,19H,5,12-13H2,1-4H3. The molecule has 1 aromatic carbocycles. The van der Waals surface area contributed by atoms with Crippen LogP contribution >= 0.6 is 0 Å². The zero-order valence-corrected chi connectivity index (χ0v) is 13.0. The van der Waals surface area contributed by atoms with Crippen molar-refractivity contribution < 1.29 is 0 Å². The Morgan fingerprint density at radius 1 is 1.15 bits per heavy atom. The molecule has 0 atom stereocenters. The van der Waals surface area contributed by atoms with Crippen LogP contribution in [0.5, 0.6) is 0 Å². The Balaban J connectivity index is 2.16. The van der Waals surface area contributed by atoms with Gasteiger partial charge in [0.05, 0.1) is 0 Å². The normalized spacial score (nSPS) is 11.8. The molecule has 0 amide bonds. The van der Waals surface area contributed by atoms with Crippen LogP contribution in [0.4, 0.5) is 0 Å². The van der Waals surface area contributed by atoms with Crippen LogP contribution < -0.4 is 5.32 Å². The lowest BCUT2D eigenvalue weighted by atomic mass is 10.0. The molecule has 20 heavy (non-hydrogen) atoms. The highest BCUT2D eigenvalue weighted by molar-refractivity contribution is 5.27. The zero-order chi connectivity index (χ0) is 14.6. The van der Waals surface area contributed by atoms with Crippen molar-refractivity contribution in [2.75, 3.05) is 0 Å². The Bertz CT molecular complexity index is 549. The predicted molar refractivity (Wildman–Crippen MR) is 83.7 cm³/mol. The van der Waals surface area contributed by atoms with E-state index in [2.05, 4.69) is 73.0 Å². The summed E-state index contributed by atoms with van der Waals surface area (Å²) in [5, 5.41) is 3.56. The van der Waals surface area contributed by atoms with E-state index in [1.807, 2.05) is 6.20 Å². The zero-order valence-electron chi connectivity index (χ0n) is 13.0. The minimum Gasteiger partial charge on any atom is -0.331 e. The van der Waals surface area contributed by atoms with Gasteiger partial charge >= 0.3 is 0 Å². The molecule has 0 aliphatic heterocycles. The molecule has 0 saturated carbocycles. The molecule has 0 aliphatic rings. The molecule has 1 N–H and O–H groups in total. The lowest BCUT2D eigenvalue weighted by Crippen LogP contribution is -2.35. The second-order valence-corrected chi connectivity index (χ2v) is 6.20. The Kier molecular flexibility index (Phi) is 4.61. The second-order valence-electron chi connectivity index (χ2n) is 6.20. The van der Waals surface area contributed by atoms with Gasteiger partial charge in [-0.25, -0.2) is 4.98 Å². The van der Waals surface area contributed by atoms with Crippen molar-refractivity contribution in [1.29, 1.82) is 0 Å². The van der Waals surface area contributed by atoms with Gasteiger partial charge in [-0.3, -0.25) is 0 Å². The van der Waals surface area contributed by atoms with Crippen LogP contribution in [0.1, 0.15) is 44.6 Å². The first-order chi connectivity index (χ1) is 9.49. The molecule has 0 bridgehead atoms. The predicted octanol–water partition coefficient (Wildman–Crippen LogP) is 3.38. The smallest absolute Gasteiger partial charge is 0.108 e. The molecule has 2 aromatic rings. The quantitative estimate of drug-likeness (QED) is 0.903. The third-order valence-corrected chi connectivity index (χ3v) is 3.39. The Morgan fingerprint density at radius 2 is 1.85 bits per heavy atom. The fourth-order valence-electron chi connectivity index (χ4n) is 2.23. The Labute approximate surface area is 122 Å². The lowest BCUT2D eigenvalue weighted by Gasteiger charge is -2.22. The summed E-state index contributed by atoms with van der Waals surface area (Å²) in [7, 11) is 0. The first-order valence-electron chi connectivity index (χ1n) is 7.31. The maximum atomic E-state index is 4.39. The molecule has 3 heteroatoms. The minimum atomic E-state index is 0.136. The molecule has 0 saturated heterocycles. The summed E-state index contributed by atoms with van der Waals surface area (Å²) in [5.41, 5.74) is 2.85. The number of imidazole rings is 1. The highest BCUT2D eigenvalue weighted by atomic mass is 15.1. The first kappa shape index (κ1) is 14.8. The van der Waals surface area contributed by atoms with E-state index >= 15 is 0 Å². The summed E-state index contributed by atoms with van der Waals surface area (Å²) in [5.74, 6) is 1.14. The molecule has 1 aromatic heterocycles. The van der Waals surface area contributed by atoms with Gasteiger partial charge in [-0.2, -0.15) is 0 Å². The summed E-state index contributed by atoms with van der Waals surface area (Å²) in [4.78, 5) is 4.39. The van der Waals surface area contributed by atoms with Crippen LogP contribution in [0.2, 0.25) is 0 Å². The lowest BCUT2D eigenvalue weighted by molar-refractivity contribution is 0.423. The molecular weight excluding hydrogens is 246 g/mol. The van der Waals surface area contributed by atoms with Gasteiger partial charge in [0.2, 0.25) is 0 Å². The van der Waals surface area contributed by atoms with Crippen LogP contribution in [0, 0.1) is 0 Å². The molecule has 1 heterocycles. The van der Waals surface area contributed by atoms with E-state index in [1.165, 1.54) is 11.1 Å².